The summed E-state index contributed by atoms with van der Waals surface area (Å²) >= 11 is 0. The SMILES string of the molecule is CCN(CC)C(=O)[C@@H]1C=C2c3cccc4[nH]cc(c34)C[C@H]2N(CCF)C1. The summed E-state index contributed by atoms with van der Waals surface area (Å²) in [7, 11) is 0. The van der Waals surface area contributed by atoms with Crippen LogP contribution in [0.25, 0.3) is 16.5 Å². The highest BCUT2D eigenvalue weighted by molar-refractivity contribution is 5.99. The predicted octanol–water partition coefficient (Wildman–Crippen LogP) is 3.25. The van der Waals surface area contributed by atoms with E-state index in [0.29, 0.717) is 26.2 Å². The number of nitrogens with zero attached hydrogens (tertiary/aromatic N) is 2. The van der Waals surface area contributed by atoms with E-state index in [4.69, 9.17) is 0 Å². The Morgan fingerprint density at radius 2 is 2.15 bits per heavy atom. The second-order valence-corrected chi connectivity index (χ2v) is 7.18. The third kappa shape index (κ3) is 2.65. The number of amides is 1. The molecule has 2 aromatic rings. The molecule has 1 aromatic heterocycles. The summed E-state index contributed by atoms with van der Waals surface area (Å²) < 4.78 is 13.3. The van der Waals surface area contributed by atoms with Gasteiger partial charge in [0.15, 0.2) is 0 Å². The van der Waals surface area contributed by atoms with E-state index in [9.17, 15) is 9.18 Å². The largest absolute Gasteiger partial charge is 0.361 e. The zero-order valence-electron chi connectivity index (χ0n) is 15.5. The molecule has 1 aliphatic heterocycles. The van der Waals surface area contributed by atoms with Crippen molar-refractivity contribution in [2.75, 3.05) is 32.9 Å². The molecule has 0 saturated carbocycles. The van der Waals surface area contributed by atoms with E-state index in [1.165, 1.54) is 22.1 Å². The van der Waals surface area contributed by atoms with Gasteiger partial charge in [-0.3, -0.25) is 9.69 Å². The highest BCUT2D eigenvalue weighted by Crippen LogP contribution is 2.41. The minimum atomic E-state index is -0.389. The number of benzene rings is 1. The number of nitrogens with one attached hydrogen (secondary N) is 1. The minimum Gasteiger partial charge on any atom is -0.361 e. The monoisotopic (exact) mass is 355 g/mol. The van der Waals surface area contributed by atoms with Crippen LogP contribution in [0.2, 0.25) is 0 Å². The lowest BCUT2D eigenvalue weighted by Crippen LogP contribution is -2.49. The van der Waals surface area contributed by atoms with E-state index >= 15 is 0 Å². The Kier molecular flexibility index (Phi) is 4.57. The van der Waals surface area contributed by atoms with Crippen molar-refractivity contribution in [2.45, 2.75) is 26.3 Å². The molecule has 4 nitrogen and oxygen atoms in total. The first-order valence-electron chi connectivity index (χ1n) is 9.57. The van der Waals surface area contributed by atoms with Crippen LogP contribution in [-0.4, -0.2) is 59.6 Å². The Bertz CT molecular complexity index is 852. The fourth-order valence-corrected chi connectivity index (χ4v) is 4.61. The van der Waals surface area contributed by atoms with E-state index in [0.717, 1.165) is 11.9 Å². The maximum Gasteiger partial charge on any atom is 0.230 e. The van der Waals surface area contributed by atoms with Crippen molar-refractivity contribution in [1.29, 1.82) is 0 Å². The maximum atomic E-state index is 13.3. The Morgan fingerprint density at radius 3 is 2.88 bits per heavy atom. The summed E-state index contributed by atoms with van der Waals surface area (Å²) in [5.74, 6) is -0.0553. The third-order valence-electron chi connectivity index (χ3n) is 5.89. The molecular formula is C21H26FN3O. The molecule has 138 valence electrons. The second kappa shape index (κ2) is 6.88. The van der Waals surface area contributed by atoms with Gasteiger partial charge in [0, 0.05) is 49.3 Å². The molecule has 0 saturated heterocycles. The number of carbonyl (C=O) groups is 1. The summed E-state index contributed by atoms with van der Waals surface area (Å²) in [6.45, 7) is 6.01. The molecular weight excluding hydrogens is 329 g/mol. The number of alkyl halides is 1. The Hall–Kier alpha value is -2.14. The average Bonchev–Trinajstić information content (AvgIpc) is 3.08. The summed E-state index contributed by atoms with van der Waals surface area (Å²) in [6, 6.07) is 6.43. The van der Waals surface area contributed by atoms with Crippen LogP contribution in [0.4, 0.5) is 4.39 Å². The van der Waals surface area contributed by atoms with Crippen LogP contribution in [0, 0.1) is 5.92 Å². The van der Waals surface area contributed by atoms with E-state index in [1.807, 2.05) is 18.7 Å². The maximum absolute atomic E-state index is 13.3. The number of carbonyl (C=O) groups excluding carboxylic acids is 1. The molecule has 2 aliphatic rings. The molecule has 26 heavy (non-hydrogen) atoms. The van der Waals surface area contributed by atoms with Crippen LogP contribution in [0.1, 0.15) is 25.0 Å². The van der Waals surface area contributed by atoms with E-state index in [2.05, 4.69) is 40.4 Å². The zero-order valence-corrected chi connectivity index (χ0v) is 15.5. The van der Waals surface area contributed by atoms with Crippen molar-refractivity contribution in [1.82, 2.24) is 14.8 Å². The lowest BCUT2D eigenvalue weighted by Gasteiger charge is -2.42. The first-order valence-corrected chi connectivity index (χ1v) is 9.57. The molecule has 2 atom stereocenters. The summed E-state index contributed by atoms with van der Waals surface area (Å²) in [5.41, 5.74) is 4.80. The van der Waals surface area contributed by atoms with E-state index < -0.39 is 0 Å². The van der Waals surface area contributed by atoms with E-state index in [-0.39, 0.29) is 24.5 Å². The summed E-state index contributed by atoms with van der Waals surface area (Å²) in [6.07, 6.45) is 5.10. The number of fused-ring (bicyclic) bond motifs is 2. The fourth-order valence-electron chi connectivity index (χ4n) is 4.61. The fraction of sp³-hybridized carbons (Fsp3) is 0.476. The number of aromatic amines is 1. The van der Waals surface area contributed by atoms with Crippen molar-refractivity contribution < 1.29 is 9.18 Å². The third-order valence-corrected chi connectivity index (χ3v) is 5.89. The molecule has 5 heteroatoms. The highest BCUT2D eigenvalue weighted by Gasteiger charge is 2.37. The van der Waals surface area contributed by atoms with Gasteiger partial charge in [0.25, 0.3) is 0 Å². The van der Waals surface area contributed by atoms with Gasteiger partial charge in [-0.1, -0.05) is 18.2 Å². The first kappa shape index (κ1) is 17.3. The number of halogens is 1. The predicted molar refractivity (Wildman–Crippen MR) is 103 cm³/mol. The van der Waals surface area contributed by atoms with Gasteiger partial charge >= 0.3 is 0 Å². The summed E-state index contributed by atoms with van der Waals surface area (Å²) in [5, 5.41) is 1.26. The smallest absolute Gasteiger partial charge is 0.230 e. The van der Waals surface area contributed by atoms with Crippen LogP contribution in [0.3, 0.4) is 0 Å². The number of H-pyrrole nitrogens is 1. The topological polar surface area (TPSA) is 39.3 Å². The van der Waals surface area contributed by atoms with Crippen molar-refractivity contribution in [3.63, 3.8) is 0 Å². The van der Waals surface area contributed by atoms with Crippen LogP contribution in [0.5, 0.6) is 0 Å². The Labute approximate surface area is 153 Å². The number of aromatic nitrogens is 1. The molecule has 1 aromatic carbocycles. The van der Waals surface area contributed by atoms with E-state index in [1.54, 1.807) is 0 Å². The first-order chi connectivity index (χ1) is 12.7. The van der Waals surface area contributed by atoms with Gasteiger partial charge in [-0.15, -0.1) is 0 Å². The van der Waals surface area contributed by atoms with Crippen molar-refractivity contribution in [3.8, 4) is 0 Å². The van der Waals surface area contributed by atoms with Crippen molar-refractivity contribution in [2.24, 2.45) is 5.92 Å². The van der Waals surface area contributed by atoms with Gasteiger partial charge in [0.2, 0.25) is 5.91 Å². The quantitative estimate of drug-likeness (QED) is 0.894. The molecule has 1 aliphatic carbocycles. The van der Waals surface area contributed by atoms with Gasteiger partial charge in [-0.05, 0) is 43.0 Å². The van der Waals surface area contributed by atoms with Crippen LogP contribution in [-0.2, 0) is 11.2 Å². The molecule has 0 unspecified atom stereocenters. The second-order valence-electron chi connectivity index (χ2n) is 7.18. The Morgan fingerprint density at radius 1 is 1.35 bits per heavy atom. The van der Waals surface area contributed by atoms with Gasteiger partial charge in [0.05, 0.1) is 5.92 Å². The van der Waals surface area contributed by atoms with Crippen LogP contribution < -0.4 is 0 Å². The van der Waals surface area contributed by atoms with Crippen molar-refractivity contribution >= 4 is 22.4 Å². The molecule has 0 spiro atoms. The molecule has 4 rings (SSSR count). The number of hydrogen-bond acceptors (Lipinski definition) is 2. The molecule has 1 amide bonds. The molecule has 1 N–H and O–H groups in total. The Balaban J connectivity index is 1.80. The molecule has 0 fully saturated rings. The zero-order chi connectivity index (χ0) is 18.3. The summed E-state index contributed by atoms with van der Waals surface area (Å²) in [4.78, 5) is 20.4. The molecule has 0 bridgehead atoms. The van der Waals surface area contributed by atoms with Gasteiger partial charge < -0.3 is 9.88 Å². The molecule has 0 radical (unpaired) electrons. The lowest BCUT2D eigenvalue weighted by molar-refractivity contribution is -0.134. The van der Waals surface area contributed by atoms with Crippen LogP contribution >= 0.6 is 0 Å². The lowest BCUT2D eigenvalue weighted by atomic mass is 9.79. The average molecular weight is 355 g/mol. The standard InChI is InChI=1S/C21H26FN3O/c1-3-24(4-2)21(26)15-10-17-16-6-5-7-18-20(16)14(12-23-18)11-19(17)25(13-15)9-8-22/h5-7,10,12,15,19,23H,3-4,8-9,11,13H2,1-2H3/t15-,19-/m1/s1. The highest BCUT2D eigenvalue weighted by atomic mass is 19.1. The molecule has 2 heterocycles. The van der Waals surface area contributed by atoms with Gasteiger partial charge in [-0.25, -0.2) is 4.39 Å². The number of rotatable bonds is 5. The van der Waals surface area contributed by atoms with Crippen molar-refractivity contribution in [3.05, 3.63) is 41.6 Å². The normalized spacial score (nSPS) is 22.2. The minimum absolute atomic E-state index is 0.150. The van der Waals surface area contributed by atoms with Gasteiger partial charge in [-0.2, -0.15) is 0 Å². The van der Waals surface area contributed by atoms with Gasteiger partial charge in [0.1, 0.15) is 6.67 Å². The number of hydrogen-bond donors (Lipinski definition) is 1. The van der Waals surface area contributed by atoms with Crippen LogP contribution in [0.15, 0.2) is 30.5 Å².